The standard InChI is InChI=1S/C7H7Br2NO2S/c1-4-2-7(13(10,11)12)6(9)3-5(4)8/h2-3H,1H3,(H2,10,11,12). The van der Waals surface area contributed by atoms with Gasteiger partial charge in [-0.05, 0) is 40.5 Å². The molecule has 0 aliphatic heterocycles. The molecule has 0 saturated carbocycles. The van der Waals surface area contributed by atoms with Crippen LogP contribution in [0.3, 0.4) is 0 Å². The predicted molar refractivity (Wildman–Crippen MR) is 58.0 cm³/mol. The Kier molecular flexibility index (Phi) is 3.16. The van der Waals surface area contributed by atoms with Crippen molar-refractivity contribution in [2.24, 2.45) is 5.14 Å². The number of nitrogens with two attached hydrogens (primary N) is 1. The molecule has 0 amide bonds. The molecule has 0 aliphatic carbocycles. The number of rotatable bonds is 1. The summed E-state index contributed by atoms with van der Waals surface area (Å²) in [6, 6.07) is 3.18. The molecule has 0 bridgehead atoms. The van der Waals surface area contributed by atoms with Crippen LogP contribution in [0.1, 0.15) is 5.56 Å². The molecule has 1 rings (SSSR count). The van der Waals surface area contributed by atoms with Gasteiger partial charge in [-0.3, -0.25) is 0 Å². The third-order valence-electron chi connectivity index (χ3n) is 1.52. The Balaban J connectivity index is 3.50. The lowest BCUT2D eigenvalue weighted by molar-refractivity contribution is 0.597. The lowest BCUT2D eigenvalue weighted by atomic mass is 10.2. The summed E-state index contributed by atoms with van der Waals surface area (Å²) in [5, 5.41) is 5.00. The molecule has 1 aromatic rings. The highest BCUT2D eigenvalue weighted by atomic mass is 79.9. The molecule has 0 spiro atoms. The van der Waals surface area contributed by atoms with E-state index in [-0.39, 0.29) is 4.90 Å². The zero-order valence-electron chi connectivity index (χ0n) is 6.71. The van der Waals surface area contributed by atoms with Crippen LogP contribution >= 0.6 is 31.9 Å². The summed E-state index contributed by atoms with van der Waals surface area (Å²) in [7, 11) is -3.64. The molecule has 72 valence electrons. The average Bonchev–Trinajstić information content (AvgIpc) is 1.94. The number of halogens is 2. The van der Waals surface area contributed by atoms with E-state index in [0.29, 0.717) is 4.47 Å². The summed E-state index contributed by atoms with van der Waals surface area (Å²) >= 11 is 6.41. The second-order valence-electron chi connectivity index (χ2n) is 2.58. The highest BCUT2D eigenvalue weighted by molar-refractivity contribution is 9.11. The zero-order valence-corrected chi connectivity index (χ0v) is 10.7. The normalized spacial score (nSPS) is 11.7. The van der Waals surface area contributed by atoms with Gasteiger partial charge in [-0.2, -0.15) is 0 Å². The highest BCUT2D eigenvalue weighted by Gasteiger charge is 2.13. The van der Waals surface area contributed by atoms with Crippen LogP contribution in [0.25, 0.3) is 0 Å². The average molecular weight is 329 g/mol. The van der Waals surface area contributed by atoms with Gasteiger partial charge in [-0.25, -0.2) is 13.6 Å². The molecule has 0 saturated heterocycles. The second-order valence-corrected chi connectivity index (χ2v) is 5.82. The molecule has 0 unspecified atom stereocenters. The molecule has 0 aliphatic rings. The van der Waals surface area contributed by atoms with Crippen LogP contribution in [-0.2, 0) is 10.0 Å². The van der Waals surface area contributed by atoms with Crippen LogP contribution in [0.5, 0.6) is 0 Å². The monoisotopic (exact) mass is 327 g/mol. The van der Waals surface area contributed by atoms with Gasteiger partial charge < -0.3 is 0 Å². The minimum absolute atomic E-state index is 0.105. The van der Waals surface area contributed by atoms with E-state index in [4.69, 9.17) is 5.14 Å². The molecule has 3 nitrogen and oxygen atoms in total. The molecule has 13 heavy (non-hydrogen) atoms. The SMILES string of the molecule is Cc1cc(S(N)(=O)=O)c(Br)cc1Br. The first-order valence-electron chi connectivity index (χ1n) is 3.31. The van der Waals surface area contributed by atoms with Crippen molar-refractivity contribution in [1.29, 1.82) is 0 Å². The summed E-state index contributed by atoms with van der Waals surface area (Å²) in [6.45, 7) is 1.80. The minimum Gasteiger partial charge on any atom is -0.225 e. The Labute approximate surface area is 93.6 Å². The molecule has 0 fully saturated rings. The van der Waals surface area contributed by atoms with Gasteiger partial charge in [0.2, 0.25) is 10.0 Å². The van der Waals surface area contributed by atoms with E-state index >= 15 is 0 Å². The highest BCUT2D eigenvalue weighted by Crippen LogP contribution is 2.27. The third-order valence-corrected chi connectivity index (χ3v) is 4.24. The molecule has 0 heterocycles. The molecular weight excluding hydrogens is 322 g/mol. The van der Waals surface area contributed by atoms with E-state index in [2.05, 4.69) is 31.9 Å². The number of primary sulfonamides is 1. The first-order valence-corrected chi connectivity index (χ1v) is 6.44. The first-order chi connectivity index (χ1) is 5.82. The van der Waals surface area contributed by atoms with Crippen molar-refractivity contribution in [1.82, 2.24) is 0 Å². The second kappa shape index (κ2) is 3.68. The summed E-state index contributed by atoms with van der Waals surface area (Å²) < 4.78 is 23.4. The summed E-state index contributed by atoms with van der Waals surface area (Å²) in [5.41, 5.74) is 0.826. The molecule has 6 heteroatoms. The van der Waals surface area contributed by atoms with Crippen molar-refractivity contribution >= 4 is 41.9 Å². The quantitative estimate of drug-likeness (QED) is 0.858. The Morgan fingerprint density at radius 1 is 1.23 bits per heavy atom. The van der Waals surface area contributed by atoms with Crippen LogP contribution in [0.4, 0.5) is 0 Å². The van der Waals surface area contributed by atoms with Gasteiger partial charge in [0.1, 0.15) is 0 Å². The van der Waals surface area contributed by atoms with E-state index in [0.717, 1.165) is 10.0 Å². The van der Waals surface area contributed by atoms with Gasteiger partial charge in [0.25, 0.3) is 0 Å². The van der Waals surface area contributed by atoms with E-state index in [1.807, 2.05) is 0 Å². The maximum atomic E-state index is 11.0. The number of sulfonamides is 1. The fourth-order valence-corrected chi connectivity index (χ4v) is 3.19. The fraction of sp³-hybridized carbons (Fsp3) is 0.143. The summed E-state index contributed by atoms with van der Waals surface area (Å²) in [6.07, 6.45) is 0. The predicted octanol–water partition coefficient (Wildman–Crippen LogP) is 2.17. The van der Waals surface area contributed by atoms with Crippen LogP contribution in [0.2, 0.25) is 0 Å². The van der Waals surface area contributed by atoms with Crippen LogP contribution in [-0.4, -0.2) is 8.42 Å². The van der Waals surface area contributed by atoms with Crippen molar-refractivity contribution in [3.8, 4) is 0 Å². The zero-order chi connectivity index (χ0) is 10.2. The first kappa shape index (κ1) is 11.2. The van der Waals surface area contributed by atoms with Gasteiger partial charge >= 0.3 is 0 Å². The van der Waals surface area contributed by atoms with Crippen molar-refractivity contribution in [3.63, 3.8) is 0 Å². The summed E-state index contributed by atoms with van der Waals surface area (Å²) in [5.74, 6) is 0. The van der Waals surface area contributed by atoms with E-state index in [1.54, 1.807) is 13.0 Å². The van der Waals surface area contributed by atoms with Crippen molar-refractivity contribution in [2.45, 2.75) is 11.8 Å². The van der Waals surface area contributed by atoms with Crippen molar-refractivity contribution < 1.29 is 8.42 Å². The van der Waals surface area contributed by atoms with Gasteiger partial charge in [-0.1, -0.05) is 15.9 Å². The van der Waals surface area contributed by atoms with Crippen molar-refractivity contribution in [2.75, 3.05) is 0 Å². The van der Waals surface area contributed by atoms with Crippen molar-refractivity contribution in [3.05, 3.63) is 26.6 Å². The molecule has 1 aromatic carbocycles. The lowest BCUT2D eigenvalue weighted by Gasteiger charge is -2.04. The third kappa shape index (κ3) is 2.52. The maximum absolute atomic E-state index is 11.0. The molecule has 2 N–H and O–H groups in total. The number of hydrogen-bond donors (Lipinski definition) is 1. The Morgan fingerprint density at radius 3 is 2.23 bits per heavy atom. The molecule has 0 radical (unpaired) electrons. The smallest absolute Gasteiger partial charge is 0.225 e. The minimum atomic E-state index is -3.64. The molecule has 0 aromatic heterocycles. The fourth-order valence-electron chi connectivity index (χ4n) is 0.849. The maximum Gasteiger partial charge on any atom is 0.239 e. The Hall–Kier alpha value is 0.0900. The number of hydrogen-bond acceptors (Lipinski definition) is 2. The van der Waals surface area contributed by atoms with Crippen LogP contribution < -0.4 is 5.14 Å². The van der Waals surface area contributed by atoms with Gasteiger partial charge in [0.05, 0.1) is 4.90 Å². The molecule has 0 atom stereocenters. The number of aryl methyl sites for hydroxylation is 1. The Morgan fingerprint density at radius 2 is 1.77 bits per heavy atom. The number of benzene rings is 1. The van der Waals surface area contributed by atoms with Gasteiger partial charge in [0.15, 0.2) is 0 Å². The van der Waals surface area contributed by atoms with E-state index in [1.165, 1.54) is 6.07 Å². The van der Waals surface area contributed by atoms with Crippen LogP contribution in [0.15, 0.2) is 26.0 Å². The Bertz CT molecular complexity index is 442. The van der Waals surface area contributed by atoms with Crippen LogP contribution in [0, 0.1) is 6.92 Å². The largest absolute Gasteiger partial charge is 0.239 e. The summed E-state index contributed by atoms with van der Waals surface area (Å²) in [4.78, 5) is 0.105. The van der Waals surface area contributed by atoms with E-state index < -0.39 is 10.0 Å². The van der Waals surface area contributed by atoms with Gasteiger partial charge in [0, 0.05) is 8.95 Å². The van der Waals surface area contributed by atoms with E-state index in [9.17, 15) is 8.42 Å². The lowest BCUT2D eigenvalue weighted by Crippen LogP contribution is -2.13. The topological polar surface area (TPSA) is 60.2 Å². The van der Waals surface area contributed by atoms with Gasteiger partial charge in [-0.15, -0.1) is 0 Å². The molecular formula is C7H7Br2NO2S.